The van der Waals surface area contributed by atoms with Crippen molar-refractivity contribution in [1.29, 1.82) is 5.26 Å². The van der Waals surface area contributed by atoms with Crippen LogP contribution in [0.25, 0.3) is 0 Å². The highest BCUT2D eigenvalue weighted by atomic mass is 35.5. The number of fused-ring (bicyclic) bond motifs is 1. The topological polar surface area (TPSA) is 35.8 Å². The lowest BCUT2D eigenvalue weighted by Crippen LogP contribution is -2.40. The Labute approximate surface area is 177 Å². The molecule has 0 bridgehead atoms. The van der Waals surface area contributed by atoms with Crippen molar-refractivity contribution in [2.24, 2.45) is 11.3 Å². The van der Waals surface area contributed by atoms with Crippen molar-refractivity contribution in [3.05, 3.63) is 81.5 Å². The fourth-order valence-electron chi connectivity index (χ4n) is 5.56. The van der Waals surface area contributed by atoms with Crippen molar-refractivity contribution >= 4 is 23.2 Å². The van der Waals surface area contributed by atoms with Crippen LogP contribution in [0.3, 0.4) is 0 Å². The van der Waals surface area contributed by atoms with E-state index >= 15 is 0 Å². The first-order valence-corrected chi connectivity index (χ1v) is 10.5. The number of nitriles is 1. The average molecular weight is 411 g/mol. The van der Waals surface area contributed by atoms with Gasteiger partial charge in [0, 0.05) is 27.2 Å². The second-order valence-corrected chi connectivity index (χ2v) is 9.27. The summed E-state index contributed by atoms with van der Waals surface area (Å²) in [5.74, 6) is 0.990. The van der Waals surface area contributed by atoms with Gasteiger partial charge in [0.1, 0.15) is 0 Å². The van der Waals surface area contributed by atoms with Crippen LogP contribution in [0.4, 0.5) is 0 Å². The highest BCUT2D eigenvalue weighted by Crippen LogP contribution is 2.61. The van der Waals surface area contributed by atoms with Crippen LogP contribution in [-0.4, -0.2) is 6.04 Å². The van der Waals surface area contributed by atoms with E-state index in [0.717, 1.165) is 29.1 Å². The molecule has 1 heterocycles. The van der Waals surface area contributed by atoms with E-state index in [4.69, 9.17) is 23.2 Å². The van der Waals surface area contributed by atoms with Crippen LogP contribution in [0.1, 0.15) is 55.2 Å². The lowest BCUT2D eigenvalue weighted by atomic mass is 9.55. The van der Waals surface area contributed by atoms with Crippen LogP contribution in [-0.2, 0) is 0 Å². The molecule has 1 aliphatic carbocycles. The minimum Gasteiger partial charge on any atom is -0.386 e. The van der Waals surface area contributed by atoms with Crippen LogP contribution in [0.15, 0.2) is 54.7 Å². The summed E-state index contributed by atoms with van der Waals surface area (Å²) in [5.41, 5.74) is 4.22. The maximum Gasteiger partial charge on any atom is 0.0992 e. The Hall–Kier alpha value is -1.95. The molecule has 1 aliphatic heterocycles. The van der Waals surface area contributed by atoms with Gasteiger partial charge in [0.15, 0.2) is 0 Å². The molecule has 5 atom stereocenters. The first-order chi connectivity index (χ1) is 13.3. The Kier molecular flexibility index (Phi) is 4.94. The molecule has 2 aromatic rings. The van der Waals surface area contributed by atoms with E-state index in [1.807, 2.05) is 24.3 Å². The molecule has 28 heavy (non-hydrogen) atoms. The molecule has 1 saturated carbocycles. The summed E-state index contributed by atoms with van der Waals surface area (Å²) in [4.78, 5) is 0. The van der Waals surface area contributed by atoms with E-state index in [2.05, 4.69) is 43.9 Å². The largest absolute Gasteiger partial charge is 0.386 e. The number of hydrogen-bond acceptors (Lipinski definition) is 2. The standard InChI is InChI=1S/C24H24Cl2N2/c1-14-23-22(17-5-7-18(25)8-6-17)20(10-11-24(23,3)15(2)28-14)19-9-4-16(13-27)12-21(19)26/h4-9,12,14,20,22-23,28H,2,10-11H2,1,3H3. The smallest absolute Gasteiger partial charge is 0.0992 e. The van der Waals surface area contributed by atoms with Crippen molar-refractivity contribution in [2.45, 2.75) is 44.6 Å². The molecule has 2 fully saturated rings. The van der Waals surface area contributed by atoms with E-state index < -0.39 is 0 Å². The summed E-state index contributed by atoms with van der Waals surface area (Å²) in [6, 6.07) is 16.5. The second-order valence-electron chi connectivity index (χ2n) is 8.43. The lowest BCUT2D eigenvalue weighted by molar-refractivity contribution is 0.129. The Bertz CT molecular complexity index is 960. The van der Waals surface area contributed by atoms with Gasteiger partial charge in [-0.25, -0.2) is 0 Å². The first-order valence-electron chi connectivity index (χ1n) is 9.76. The van der Waals surface area contributed by atoms with Gasteiger partial charge in [-0.2, -0.15) is 5.26 Å². The number of benzene rings is 2. The predicted molar refractivity (Wildman–Crippen MR) is 116 cm³/mol. The van der Waals surface area contributed by atoms with Crippen molar-refractivity contribution in [3.63, 3.8) is 0 Å². The van der Waals surface area contributed by atoms with Crippen LogP contribution in [0.5, 0.6) is 0 Å². The molecule has 5 unspecified atom stereocenters. The van der Waals surface area contributed by atoms with Gasteiger partial charge in [-0.15, -0.1) is 0 Å². The van der Waals surface area contributed by atoms with Gasteiger partial charge in [0.25, 0.3) is 0 Å². The molecular weight excluding hydrogens is 387 g/mol. The quantitative estimate of drug-likeness (QED) is 0.600. The van der Waals surface area contributed by atoms with Gasteiger partial charge in [0.05, 0.1) is 11.6 Å². The van der Waals surface area contributed by atoms with Gasteiger partial charge in [-0.05, 0) is 72.9 Å². The molecule has 144 valence electrons. The van der Waals surface area contributed by atoms with Gasteiger partial charge >= 0.3 is 0 Å². The predicted octanol–water partition coefficient (Wildman–Crippen LogP) is 6.65. The number of nitrogens with zero attached hydrogens (tertiary/aromatic N) is 1. The van der Waals surface area contributed by atoms with Gasteiger partial charge in [-0.1, -0.05) is 54.9 Å². The highest BCUT2D eigenvalue weighted by molar-refractivity contribution is 6.31. The Balaban J connectivity index is 1.85. The fourth-order valence-corrected chi connectivity index (χ4v) is 6.01. The molecule has 0 amide bonds. The molecular formula is C24H24Cl2N2. The number of nitrogens with one attached hydrogen (secondary N) is 1. The maximum atomic E-state index is 9.20. The summed E-state index contributed by atoms with van der Waals surface area (Å²) in [6.07, 6.45) is 2.10. The Morgan fingerprint density at radius 2 is 1.89 bits per heavy atom. The fraction of sp³-hybridized carbons (Fsp3) is 0.375. The van der Waals surface area contributed by atoms with E-state index in [1.54, 1.807) is 6.07 Å². The molecule has 4 heteroatoms. The second kappa shape index (κ2) is 7.14. The zero-order valence-electron chi connectivity index (χ0n) is 16.2. The number of hydrogen-bond donors (Lipinski definition) is 1. The number of halogens is 2. The van der Waals surface area contributed by atoms with Crippen molar-refractivity contribution < 1.29 is 0 Å². The van der Waals surface area contributed by atoms with Crippen molar-refractivity contribution in [3.8, 4) is 6.07 Å². The molecule has 0 aromatic heterocycles. The zero-order chi connectivity index (χ0) is 20.1. The first kappa shape index (κ1) is 19.4. The van der Waals surface area contributed by atoms with Crippen molar-refractivity contribution in [2.75, 3.05) is 0 Å². The highest BCUT2D eigenvalue weighted by Gasteiger charge is 2.55. The van der Waals surface area contributed by atoms with Crippen molar-refractivity contribution in [1.82, 2.24) is 5.32 Å². The molecule has 2 nitrogen and oxygen atoms in total. The van der Waals surface area contributed by atoms with Crippen LogP contribution in [0, 0.1) is 22.7 Å². The summed E-state index contributed by atoms with van der Waals surface area (Å²) < 4.78 is 0. The lowest BCUT2D eigenvalue weighted by Gasteiger charge is -2.47. The molecule has 1 saturated heterocycles. The molecule has 2 aliphatic rings. The number of rotatable bonds is 2. The monoisotopic (exact) mass is 410 g/mol. The SMILES string of the molecule is C=C1NC(C)C2C(c3ccc(Cl)cc3)C(c3ccc(C#N)cc3Cl)CCC12C. The summed E-state index contributed by atoms with van der Waals surface area (Å²) in [7, 11) is 0. The zero-order valence-corrected chi connectivity index (χ0v) is 17.7. The van der Waals surface area contributed by atoms with Gasteiger partial charge in [0.2, 0.25) is 0 Å². The molecule has 2 aromatic carbocycles. The van der Waals surface area contributed by atoms with Crippen LogP contribution < -0.4 is 5.32 Å². The Morgan fingerprint density at radius 1 is 1.18 bits per heavy atom. The normalized spacial score (nSPS) is 31.8. The molecule has 0 radical (unpaired) electrons. The molecule has 0 spiro atoms. The maximum absolute atomic E-state index is 9.20. The number of allylic oxidation sites excluding steroid dienone is 1. The third-order valence-corrected chi connectivity index (χ3v) is 7.52. The van der Waals surface area contributed by atoms with E-state index in [9.17, 15) is 5.26 Å². The van der Waals surface area contributed by atoms with Crippen LogP contribution >= 0.6 is 23.2 Å². The molecule has 1 N–H and O–H groups in total. The van der Waals surface area contributed by atoms with E-state index in [-0.39, 0.29) is 11.3 Å². The summed E-state index contributed by atoms with van der Waals surface area (Å²) in [6.45, 7) is 8.95. The summed E-state index contributed by atoms with van der Waals surface area (Å²) in [5, 5.41) is 14.3. The van der Waals surface area contributed by atoms with E-state index in [0.29, 0.717) is 28.5 Å². The van der Waals surface area contributed by atoms with Crippen LogP contribution in [0.2, 0.25) is 10.0 Å². The molecule has 4 rings (SSSR count). The third-order valence-electron chi connectivity index (χ3n) is 6.94. The Morgan fingerprint density at radius 3 is 2.54 bits per heavy atom. The average Bonchev–Trinajstić information content (AvgIpc) is 2.91. The minimum absolute atomic E-state index is 0.0549. The van der Waals surface area contributed by atoms with Gasteiger partial charge < -0.3 is 5.32 Å². The van der Waals surface area contributed by atoms with Gasteiger partial charge in [-0.3, -0.25) is 0 Å². The summed E-state index contributed by atoms with van der Waals surface area (Å²) >= 11 is 12.8. The minimum atomic E-state index is 0.0549. The third kappa shape index (κ3) is 3.02. The van der Waals surface area contributed by atoms with E-state index in [1.165, 1.54) is 5.56 Å².